The third-order valence-electron chi connectivity index (χ3n) is 4.01. The van der Waals surface area contributed by atoms with Gasteiger partial charge in [-0.15, -0.1) is 0 Å². The molecule has 1 aromatic heterocycles. The van der Waals surface area contributed by atoms with Gasteiger partial charge in [0.1, 0.15) is 5.82 Å². The maximum absolute atomic E-state index is 13.1. The van der Waals surface area contributed by atoms with Gasteiger partial charge in [0.2, 0.25) is 5.91 Å². The molecule has 3 rings (SSSR count). The first-order valence-corrected chi connectivity index (χ1v) is 8.87. The molecule has 1 heterocycles. The molecule has 0 fully saturated rings. The van der Waals surface area contributed by atoms with Gasteiger partial charge in [0.15, 0.2) is 0 Å². The number of benzene rings is 2. The molecule has 0 bridgehead atoms. The zero-order valence-electron chi connectivity index (χ0n) is 14.6. The molecule has 0 aliphatic carbocycles. The molecule has 3 aromatic rings. The molecule has 0 spiro atoms. The Bertz CT molecular complexity index is 1030. The van der Waals surface area contributed by atoms with Gasteiger partial charge in [-0.2, -0.15) is 5.10 Å². The average Bonchev–Trinajstić information content (AvgIpc) is 2.91. The van der Waals surface area contributed by atoms with E-state index in [9.17, 15) is 9.18 Å². The minimum Gasteiger partial charge on any atom is -0.322 e. The number of amides is 1. The van der Waals surface area contributed by atoms with Crippen LogP contribution in [0.4, 0.5) is 10.1 Å². The van der Waals surface area contributed by atoms with Crippen LogP contribution in [-0.4, -0.2) is 15.7 Å². The summed E-state index contributed by atoms with van der Waals surface area (Å²) in [7, 11) is 0. The molecule has 2 aromatic carbocycles. The van der Waals surface area contributed by atoms with Crippen molar-refractivity contribution >= 4 is 40.9 Å². The normalized spacial score (nSPS) is 11.1. The lowest BCUT2D eigenvalue weighted by molar-refractivity contribution is -0.111. The van der Waals surface area contributed by atoms with Gasteiger partial charge in [0.05, 0.1) is 21.4 Å². The third-order valence-corrected chi connectivity index (χ3v) is 4.75. The van der Waals surface area contributed by atoms with Crippen LogP contribution < -0.4 is 5.32 Å². The first-order chi connectivity index (χ1) is 12.8. The summed E-state index contributed by atoms with van der Waals surface area (Å²) < 4.78 is 14.8. The lowest BCUT2D eigenvalue weighted by Crippen LogP contribution is -2.07. The Morgan fingerprint density at radius 3 is 2.48 bits per heavy atom. The van der Waals surface area contributed by atoms with Gasteiger partial charge < -0.3 is 5.32 Å². The van der Waals surface area contributed by atoms with E-state index in [2.05, 4.69) is 10.4 Å². The van der Waals surface area contributed by atoms with Crippen molar-refractivity contribution in [2.45, 2.75) is 13.8 Å². The van der Waals surface area contributed by atoms with Crippen molar-refractivity contribution in [2.75, 3.05) is 5.32 Å². The first kappa shape index (κ1) is 19.1. The number of rotatable bonds is 4. The fourth-order valence-corrected chi connectivity index (χ4v) is 2.94. The number of carbonyl (C=O) groups is 1. The number of anilines is 1. The number of nitrogens with zero attached hydrogens (tertiary/aromatic N) is 2. The van der Waals surface area contributed by atoms with Crippen molar-refractivity contribution in [2.24, 2.45) is 0 Å². The van der Waals surface area contributed by atoms with E-state index in [-0.39, 0.29) is 11.7 Å². The number of hydrogen-bond donors (Lipinski definition) is 1. The van der Waals surface area contributed by atoms with Gasteiger partial charge in [-0.3, -0.25) is 4.79 Å². The Morgan fingerprint density at radius 2 is 1.81 bits per heavy atom. The smallest absolute Gasteiger partial charge is 0.248 e. The Labute approximate surface area is 166 Å². The van der Waals surface area contributed by atoms with Crippen LogP contribution in [0, 0.1) is 19.7 Å². The molecule has 0 saturated carbocycles. The predicted molar refractivity (Wildman–Crippen MR) is 107 cm³/mol. The predicted octanol–water partition coefficient (Wildman–Crippen LogP) is 5.59. The monoisotopic (exact) mass is 403 g/mol. The van der Waals surface area contributed by atoms with Crippen molar-refractivity contribution in [1.82, 2.24) is 9.78 Å². The van der Waals surface area contributed by atoms with E-state index >= 15 is 0 Å². The third kappa shape index (κ3) is 4.38. The molecule has 27 heavy (non-hydrogen) atoms. The highest BCUT2D eigenvalue weighted by Crippen LogP contribution is 2.25. The highest BCUT2D eigenvalue weighted by Gasteiger charge is 2.11. The molecule has 0 unspecified atom stereocenters. The van der Waals surface area contributed by atoms with Crippen LogP contribution in [0.3, 0.4) is 0 Å². The van der Waals surface area contributed by atoms with Gasteiger partial charge in [-0.25, -0.2) is 9.07 Å². The molecule has 1 amide bonds. The zero-order chi connectivity index (χ0) is 19.6. The van der Waals surface area contributed by atoms with E-state index in [1.54, 1.807) is 41.1 Å². The highest BCUT2D eigenvalue weighted by molar-refractivity contribution is 6.42. The quantitative estimate of drug-likeness (QED) is 0.577. The molecule has 1 N–H and O–H groups in total. The molecular weight excluding hydrogens is 388 g/mol. The van der Waals surface area contributed by atoms with Crippen LogP contribution in [0.5, 0.6) is 0 Å². The number of carbonyl (C=O) groups excluding carboxylic acids is 1. The lowest BCUT2D eigenvalue weighted by atomic mass is 10.2. The molecule has 7 heteroatoms. The fourth-order valence-electron chi connectivity index (χ4n) is 2.65. The SMILES string of the molecule is Cc1nn(-c2ccc(F)cc2)c(C)c1/C=C/C(=O)Nc1ccc(Cl)c(Cl)c1. The van der Waals surface area contributed by atoms with Crippen LogP contribution in [0.15, 0.2) is 48.5 Å². The zero-order valence-corrected chi connectivity index (χ0v) is 16.1. The Hall–Kier alpha value is -2.63. The second-order valence-electron chi connectivity index (χ2n) is 5.92. The molecular formula is C20H16Cl2FN3O. The summed E-state index contributed by atoms with van der Waals surface area (Å²) in [5.74, 6) is -0.610. The number of nitrogens with one attached hydrogen (secondary N) is 1. The van der Waals surface area contributed by atoms with Crippen LogP contribution in [0.25, 0.3) is 11.8 Å². The van der Waals surface area contributed by atoms with Crippen LogP contribution in [-0.2, 0) is 4.79 Å². The van der Waals surface area contributed by atoms with Crippen molar-refractivity contribution < 1.29 is 9.18 Å². The Kier molecular flexibility index (Phi) is 5.63. The van der Waals surface area contributed by atoms with E-state index in [1.807, 2.05) is 13.8 Å². The van der Waals surface area contributed by atoms with E-state index in [4.69, 9.17) is 23.2 Å². The molecule has 0 saturated heterocycles. The average molecular weight is 404 g/mol. The first-order valence-electron chi connectivity index (χ1n) is 8.11. The van der Waals surface area contributed by atoms with Gasteiger partial charge in [0.25, 0.3) is 0 Å². The topological polar surface area (TPSA) is 46.9 Å². The lowest BCUT2D eigenvalue weighted by Gasteiger charge is -2.04. The summed E-state index contributed by atoms with van der Waals surface area (Å²) in [6, 6.07) is 10.9. The number of aromatic nitrogens is 2. The summed E-state index contributed by atoms with van der Waals surface area (Å²) in [5, 5.41) is 7.99. The second kappa shape index (κ2) is 7.94. The molecule has 0 aliphatic heterocycles. The van der Waals surface area contributed by atoms with Gasteiger partial charge in [0, 0.05) is 23.0 Å². The summed E-state index contributed by atoms with van der Waals surface area (Å²) in [4.78, 5) is 12.2. The van der Waals surface area contributed by atoms with Crippen LogP contribution in [0.2, 0.25) is 10.0 Å². The van der Waals surface area contributed by atoms with E-state index in [1.165, 1.54) is 18.2 Å². The van der Waals surface area contributed by atoms with E-state index in [0.29, 0.717) is 15.7 Å². The maximum atomic E-state index is 13.1. The minimum absolute atomic E-state index is 0.304. The Morgan fingerprint density at radius 1 is 1.11 bits per heavy atom. The van der Waals surface area contributed by atoms with Gasteiger partial charge >= 0.3 is 0 Å². The van der Waals surface area contributed by atoms with Crippen LogP contribution >= 0.6 is 23.2 Å². The molecule has 0 aliphatic rings. The summed E-state index contributed by atoms with van der Waals surface area (Å²) in [6.07, 6.45) is 3.12. The number of aryl methyl sites for hydroxylation is 1. The van der Waals surface area contributed by atoms with Gasteiger partial charge in [-0.1, -0.05) is 23.2 Å². The standard InChI is InChI=1S/C20H16Cl2FN3O/c1-12-17(13(2)26(25-12)16-6-3-14(23)4-7-16)8-10-20(27)24-15-5-9-18(21)19(22)11-15/h3-11H,1-2H3,(H,24,27)/b10-8+. The number of halogens is 3. The Balaban J connectivity index is 1.79. The summed E-state index contributed by atoms with van der Waals surface area (Å²) in [5.41, 5.74) is 3.73. The summed E-state index contributed by atoms with van der Waals surface area (Å²) >= 11 is 11.8. The molecule has 0 radical (unpaired) electrons. The number of hydrogen-bond acceptors (Lipinski definition) is 2. The summed E-state index contributed by atoms with van der Waals surface area (Å²) in [6.45, 7) is 3.74. The second-order valence-corrected chi connectivity index (χ2v) is 6.74. The largest absolute Gasteiger partial charge is 0.322 e. The minimum atomic E-state index is -0.306. The van der Waals surface area contributed by atoms with E-state index in [0.717, 1.165) is 22.6 Å². The maximum Gasteiger partial charge on any atom is 0.248 e. The van der Waals surface area contributed by atoms with Crippen molar-refractivity contribution in [1.29, 1.82) is 0 Å². The molecule has 138 valence electrons. The van der Waals surface area contributed by atoms with Gasteiger partial charge in [-0.05, 0) is 62.4 Å². The fraction of sp³-hybridized carbons (Fsp3) is 0.100. The van der Waals surface area contributed by atoms with Crippen molar-refractivity contribution in [3.63, 3.8) is 0 Å². The molecule has 4 nitrogen and oxygen atoms in total. The highest BCUT2D eigenvalue weighted by atomic mass is 35.5. The van der Waals surface area contributed by atoms with Crippen molar-refractivity contribution in [3.05, 3.63) is 81.4 Å². The van der Waals surface area contributed by atoms with Crippen molar-refractivity contribution in [3.8, 4) is 5.69 Å². The van der Waals surface area contributed by atoms with Crippen LogP contribution in [0.1, 0.15) is 17.0 Å². The molecule has 0 atom stereocenters. The van der Waals surface area contributed by atoms with E-state index < -0.39 is 0 Å².